The molecule has 2 nitrogen and oxygen atoms in total. The van der Waals surface area contributed by atoms with Gasteiger partial charge in [-0.25, -0.2) is 0 Å². The van der Waals surface area contributed by atoms with E-state index in [1.807, 2.05) is 84.0 Å². The van der Waals surface area contributed by atoms with Crippen LogP contribution in [0.4, 0.5) is 0 Å². The summed E-state index contributed by atoms with van der Waals surface area (Å²) >= 11 is 0. The lowest BCUT2D eigenvalue weighted by Crippen LogP contribution is -3.00. The minimum absolute atomic E-state index is 0. The van der Waals surface area contributed by atoms with E-state index in [4.69, 9.17) is 0 Å². The van der Waals surface area contributed by atoms with Crippen molar-refractivity contribution in [3.05, 3.63) is 73.4 Å². The SMILES string of the molecule is C1=CC=C[NH2+]C=C1.C1=CC=C[NH2+]C=C1.[Cl-].[Cl-]. The fourth-order valence-corrected chi connectivity index (χ4v) is 0.898. The molecule has 2 heterocycles. The number of allylic oxidation sites excluding steroid dienone is 8. The molecule has 2 aliphatic rings. The Hall–Kier alpha value is -1.06. The Bertz CT molecular complexity index is 253. The largest absolute Gasteiger partial charge is 1.00 e. The van der Waals surface area contributed by atoms with Gasteiger partial charge in [0.05, 0.1) is 24.8 Å². The summed E-state index contributed by atoms with van der Waals surface area (Å²) in [6.45, 7) is 0. The van der Waals surface area contributed by atoms with Gasteiger partial charge in [-0.3, -0.25) is 10.6 Å². The summed E-state index contributed by atoms with van der Waals surface area (Å²) in [6.07, 6.45) is 24.0. The zero-order valence-corrected chi connectivity index (χ0v) is 10.4. The fraction of sp³-hybridized carbons (Fsp3) is 0. The van der Waals surface area contributed by atoms with Crippen LogP contribution >= 0.6 is 0 Å². The second-order valence-electron chi connectivity index (χ2n) is 2.69. The zero-order chi connectivity index (χ0) is 9.90. The van der Waals surface area contributed by atoms with Crippen LogP contribution in [0.15, 0.2) is 73.4 Å². The molecule has 0 atom stereocenters. The predicted molar refractivity (Wildman–Crippen MR) is 58.7 cm³/mol. The molecule has 0 spiro atoms. The summed E-state index contributed by atoms with van der Waals surface area (Å²) < 4.78 is 0. The molecule has 0 aromatic heterocycles. The number of rotatable bonds is 0. The molecule has 0 radical (unpaired) electrons. The van der Waals surface area contributed by atoms with Gasteiger partial charge in [-0.2, -0.15) is 0 Å². The van der Waals surface area contributed by atoms with Gasteiger partial charge in [0.1, 0.15) is 0 Å². The zero-order valence-electron chi connectivity index (χ0n) is 8.84. The molecular formula is C12H16Cl2N2. The van der Waals surface area contributed by atoms with Crippen molar-refractivity contribution in [3.8, 4) is 0 Å². The molecule has 0 aromatic carbocycles. The van der Waals surface area contributed by atoms with Crippen LogP contribution in [-0.4, -0.2) is 0 Å². The first-order chi connectivity index (χ1) is 7.00. The van der Waals surface area contributed by atoms with Gasteiger partial charge in [0, 0.05) is 0 Å². The van der Waals surface area contributed by atoms with Gasteiger partial charge in [0.2, 0.25) is 0 Å². The molecule has 2 rings (SSSR count). The number of hydrogen-bond acceptors (Lipinski definition) is 0. The van der Waals surface area contributed by atoms with Crippen LogP contribution in [0.25, 0.3) is 0 Å². The Morgan fingerprint density at radius 1 is 0.375 bits per heavy atom. The highest BCUT2D eigenvalue weighted by molar-refractivity contribution is 5.10. The van der Waals surface area contributed by atoms with Crippen LogP contribution in [0.1, 0.15) is 0 Å². The minimum atomic E-state index is 0. The standard InChI is InChI=1S/2C6H7N.2ClH/c2*1-2-4-6-7-5-3-1;;/h2*1-7H;2*1H. The van der Waals surface area contributed by atoms with Crippen LogP contribution < -0.4 is 35.4 Å². The monoisotopic (exact) mass is 258 g/mol. The molecule has 0 amide bonds. The highest BCUT2D eigenvalue weighted by Crippen LogP contribution is 1.76. The van der Waals surface area contributed by atoms with Crippen LogP contribution in [-0.2, 0) is 0 Å². The summed E-state index contributed by atoms with van der Waals surface area (Å²) in [5.41, 5.74) is 0. The Labute approximate surface area is 109 Å². The summed E-state index contributed by atoms with van der Waals surface area (Å²) in [7, 11) is 0. The third kappa shape index (κ3) is 11.0. The lowest BCUT2D eigenvalue weighted by Gasteiger charge is -1.71. The maximum atomic E-state index is 2.00. The van der Waals surface area contributed by atoms with Crippen LogP contribution in [0.2, 0.25) is 0 Å². The predicted octanol–water partition coefficient (Wildman–Crippen LogP) is -5.70. The number of halogens is 2. The molecule has 0 fully saturated rings. The van der Waals surface area contributed by atoms with Crippen molar-refractivity contribution in [1.82, 2.24) is 0 Å². The lowest BCUT2D eigenvalue weighted by atomic mass is 10.5. The third-order valence-electron chi connectivity index (χ3n) is 1.56. The van der Waals surface area contributed by atoms with E-state index < -0.39 is 0 Å². The summed E-state index contributed by atoms with van der Waals surface area (Å²) in [6, 6.07) is 0. The normalized spacial score (nSPS) is 15.0. The number of quaternary nitrogens is 2. The molecular weight excluding hydrogens is 243 g/mol. The number of hydrogen-bond donors (Lipinski definition) is 2. The van der Waals surface area contributed by atoms with Gasteiger partial charge in [0.25, 0.3) is 0 Å². The molecule has 16 heavy (non-hydrogen) atoms. The fourth-order valence-electron chi connectivity index (χ4n) is 0.898. The van der Waals surface area contributed by atoms with E-state index in [0.717, 1.165) is 0 Å². The molecule has 88 valence electrons. The first-order valence-corrected chi connectivity index (χ1v) is 4.67. The Balaban J connectivity index is 0. The molecule has 2 aliphatic heterocycles. The second-order valence-corrected chi connectivity index (χ2v) is 2.69. The highest BCUT2D eigenvalue weighted by Gasteiger charge is 1.73. The van der Waals surface area contributed by atoms with E-state index >= 15 is 0 Å². The lowest BCUT2D eigenvalue weighted by molar-refractivity contribution is -0.513. The quantitative estimate of drug-likeness (QED) is 0.435. The molecule has 0 aliphatic carbocycles. The van der Waals surface area contributed by atoms with E-state index in [2.05, 4.69) is 0 Å². The topological polar surface area (TPSA) is 33.2 Å². The molecule has 0 saturated carbocycles. The van der Waals surface area contributed by atoms with Gasteiger partial charge >= 0.3 is 0 Å². The van der Waals surface area contributed by atoms with E-state index in [9.17, 15) is 0 Å². The van der Waals surface area contributed by atoms with E-state index in [1.54, 1.807) is 0 Å². The van der Waals surface area contributed by atoms with Crippen molar-refractivity contribution in [2.75, 3.05) is 0 Å². The van der Waals surface area contributed by atoms with Gasteiger partial charge < -0.3 is 24.8 Å². The summed E-state index contributed by atoms with van der Waals surface area (Å²) in [4.78, 5) is 0. The van der Waals surface area contributed by atoms with Crippen molar-refractivity contribution in [3.63, 3.8) is 0 Å². The van der Waals surface area contributed by atoms with Crippen LogP contribution in [0, 0.1) is 0 Å². The van der Waals surface area contributed by atoms with Crippen LogP contribution in [0.3, 0.4) is 0 Å². The van der Waals surface area contributed by atoms with Crippen molar-refractivity contribution in [2.45, 2.75) is 0 Å². The molecule has 0 aromatic rings. The van der Waals surface area contributed by atoms with Gasteiger partial charge in [0.15, 0.2) is 0 Å². The Morgan fingerprint density at radius 2 is 0.625 bits per heavy atom. The van der Waals surface area contributed by atoms with E-state index in [-0.39, 0.29) is 24.8 Å². The first kappa shape index (κ1) is 17.3. The van der Waals surface area contributed by atoms with E-state index in [1.165, 1.54) is 0 Å². The van der Waals surface area contributed by atoms with Crippen molar-refractivity contribution in [2.24, 2.45) is 0 Å². The van der Waals surface area contributed by atoms with Crippen molar-refractivity contribution >= 4 is 0 Å². The minimum Gasteiger partial charge on any atom is -1.00 e. The average Bonchev–Trinajstić information content (AvgIpc) is 2.68. The van der Waals surface area contributed by atoms with Crippen LogP contribution in [0.5, 0.6) is 0 Å². The third-order valence-corrected chi connectivity index (χ3v) is 1.56. The average molecular weight is 259 g/mol. The highest BCUT2D eigenvalue weighted by atomic mass is 35.5. The molecule has 4 N–H and O–H groups in total. The molecule has 0 saturated heterocycles. The molecule has 0 bridgehead atoms. The second kappa shape index (κ2) is 13.9. The van der Waals surface area contributed by atoms with Crippen molar-refractivity contribution in [1.29, 1.82) is 0 Å². The van der Waals surface area contributed by atoms with E-state index in [0.29, 0.717) is 0 Å². The molecule has 4 heteroatoms. The molecule has 0 unspecified atom stereocenters. The maximum Gasteiger partial charge on any atom is 0.0971 e. The smallest absolute Gasteiger partial charge is 0.0971 e. The first-order valence-electron chi connectivity index (χ1n) is 4.67. The summed E-state index contributed by atoms with van der Waals surface area (Å²) in [5, 5.41) is 4.00. The summed E-state index contributed by atoms with van der Waals surface area (Å²) in [5.74, 6) is 0. The maximum absolute atomic E-state index is 2.00. The van der Waals surface area contributed by atoms with Crippen molar-refractivity contribution < 1.29 is 35.4 Å². The number of nitrogens with two attached hydrogens (primary N) is 2. The Morgan fingerprint density at radius 3 is 0.875 bits per heavy atom. The van der Waals surface area contributed by atoms with Gasteiger partial charge in [-0.15, -0.1) is 0 Å². The Kier molecular flexibility index (Phi) is 15.1. The van der Waals surface area contributed by atoms with Gasteiger partial charge in [-0.05, 0) is 24.3 Å². The van der Waals surface area contributed by atoms with Gasteiger partial charge in [-0.1, -0.05) is 24.3 Å².